The summed E-state index contributed by atoms with van der Waals surface area (Å²) in [6.45, 7) is 1.99. The molecule has 0 amide bonds. The fourth-order valence-corrected chi connectivity index (χ4v) is 1.33. The Kier molecular flexibility index (Phi) is 2.23. The van der Waals surface area contributed by atoms with Gasteiger partial charge in [0.15, 0.2) is 17.5 Å². The van der Waals surface area contributed by atoms with E-state index in [1.807, 2.05) is 37.3 Å². The maximum absolute atomic E-state index is 5.74. The van der Waals surface area contributed by atoms with Crippen molar-refractivity contribution in [3.8, 4) is 11.3 Å². The molecule has 0 aliphatic rings. The van der Waals surface area contributed by atoms with Gasteiger partial charge < -0.3 is 10.2 Å². The number of benzene rings is 1. The molecule has 0 aliphatic carbocycles. The molecule has 0 spiro atoms. The van der Waals surface area contributed by atoms with Crippen LogP contribution in [0, 0.1) is 0 Å². The van der Waals surface area contributed by atoms with E-state index in [-0.39, 0.29) is 0 Å². The van der Waals surface area contributed by atoms with Crippen LogP contribution in [0.1, 0.15) is 12.8 Å². The molecule has 14 heavy (non-hydrogen) atoms. The summed E-state index contributed by atoms with van der Waals surface area (Å²) in [7, 11) is 0. The molecule has 3 nitrogen and oxygen atoms in total. The molecule has 0 aliphatic heterocycles. The molecule has 0 saturated heterocycles. The maximum Gasteiger partial charge on any atom is 0.196 e. The minimum Gasteiger partial charge on any atom is -0.438 e. The number of hydrogen-bond acceptors (Lipinski definition) is 3. The first-order chi connectivity index (χ1) is 6.81. The number of rotatable bonds is 2. The lowest BCUT2D eigenvalue weighted by Crippen LogP contribution is -1.87. The lowest BCUT2D eigenvalue weighted by atomic mass is 10.2. The largest absolute Gasteiger partial charge is 0.438 e. The van der Waals surface area contributed by atoms with Gasteiger partial charge in [0.25, 0.3) is 0 Å². The molecule has 72 valence electrons. The highest BCUT2D eigenvalue weighted by atomic mass is 16.4. The van der Waals surface area contributed by atoms with Crippen LogP contribution in [-0.2, 0) is 6.42 Å². The first-order valence-corrected chi connectivity index (χ1v) is 4.62. The number of oxazole rings is 1. The third-order valence-corrected chi connectivity index (χ3v) is 2.04. The van der Waals surface area contributed by atoms with Crippen molar-refractivity contribution < 1.29 is 4.42 Å². The molecular formula is C11H12N2O. The molecule has 2 rings (SSSR count). The number of nitrogens with zero attached hydrogens (tertiary/aromatic N) is 1. The number of nitrogens with two attached hydrogens (primary N) is 1. The average molecular weight is 188 g/mol. The van der Waals surface area contributed by atoms with Gasteiger partial charge in [-0.25, -0.2) is 0 Å². The Bertz CT molecular complexity index is 420. The van der Waals surface area contributed by atoms with Crippen LogP contribution in [0.3, 0.4) is 0 Å². The lowest BCUT2D eigenvalue weighted by molar-refractivity contribution is 0.514. The number of aromatic nitrogens is 1. The predicted molar refractivity (Wildman–Crippen MR) is 55.7 cm³/mol. The van der Waals surface area contributed by atoms with Crippen LogP contribution >= 0.6 is 0 Å². The Balaban J connectivity index is 2.46. The standard InChI is InChI=1S/C11H12N2O/c1-2-9-13-11(12)10(14-9)8-6-4-3-5-7-8/h3-7H,2,12H2,1H3. The Morgan fingerprint density at radius 2 is 2.00 bits per heavy atom. The van der Waals surface area contributed by atoms with Crippen molar-refractivity contribution in [3.05, 3.63) is 36.2 Å². The summed E-state index contributed by atoms with van der Waals surface area (Å²) in [6, 6.07) is 9.76. The first kappa shape index (κ1) is 8.81. The average Bonchev–Trinajstić information content (AvgIpc) is 2.61. The zero-order chi connectivity index (χ0) is 9.97. The Hall–Kier alpha value is -1.77. The van der Waals surface area contributed by atoms with Crippen molar-refractivity contribution in [2.24, 2.45) is 0 Å². The lowest BCUT2D eigenvalue weighted by Gasteiger charge is -1.95. The molecule has 0 radical (unpaired) electrons. The van der Waals surface area contributed by atoms with Crippen LogP contribution < -0.4 is 5.73 Å². The van der Waals surface area contributed by atoms with Crippen molar-refractivity contribution in [2.45, 2.75) is 13.3 Å². The summed E-state index contributed by atoms with van der Waals surface area (Å²) < 4.78 is 5.51. The van der Waals surface area contributed by atoms with Crippen molar-refractivity contribution in [2.75, 3.05) is 5.73 Å². The van der Waals surface area contributed by atoms with Gasteiger partial charge in [-0.05, 0) is 0 Å². The van der Waals surface area contributed by atoms with Gasteiger partial charge in [0.2, 0.25) is 0 Å². The van der Waals surface area contributed by atoms with Gasteiger partial charge in [0.1, 0.15) is 0 Å². The normalized spacial score (nSPS) is 10.4. The first-order valence-electron chi connectivity index (χ1n) is 4.62. The number of hydrogen-bond donors (Lipinski definition) is 1. The second kappa shape index (κ2) is 3.54. The molecule has 0 bridgehead atoms. The quantitative estimate of drug-likeness (QED) is 0.787. The topological polar surface area (TPSA) is 52.0 Å². The molecular weight excluding hydrogens is 176 g/mol. The second-order valence-corrected chi connectivity index (χ2v) is 3.04. The third kappa shape index (κ3) is 1.48. The van der Waals surface area contributed by atoms with Gasteiger partial charge in [-0.1, -0.05) is 37.3 Å². The van der Waals surface area contributed by atoms with Gasteiger partial charge in [0, 0.05) is 12.0 Å². The zero-order valence-corrected chi connectivity index (χ0v) is 8.03. The monoisotopic (exact) mass is 188 g/mol. The zero-order valence-electron chi connectivity index (χ0n) is 8.03. The highest BCUT2D eigenvalue weighted by Crippen LogP contribution is 2.26. The highest BCUT2D eigenvalue weighted by molar-refractivity contribution is 5.67. The number of aryl methyl sites for hydroxylation is 1. The maximum atomic E-state index is 5.74. The van der Waals surface area contributed by atoms with Gasteiger partial charge in [-0.15, -0.1) is 0 Å². The minimum absolute atomic E-state index is 0.466. The molecule has 3 heteroatoms. The predicted octanol–water partition coefficient (Wildman–Crippen LogP) is 2.49. The van der Waals surface area contributed by atoms with Crippen molar-refractivity contribution in [3.63, 3.8) is 0 Å². The molecule has 1 aromatic heterocycles. The molecule has 0 atom stereocenters. The molecule has 1 heterocycles. The third-order valence-electron chi connectivity index (χ3n) is 2.04. The van der Waals surface area contributed by atoms with Crippen molar-refractivity contribution in [1.82, 2.24) is 4.98 Å². The van der Waals surface area contributed by atoms with E-state index in [2.05, 4.69) is 4.98 Å². The molecule has 2 N–H and O–H groups in total. The highest BCUT2D eigenvalue weighted by Gasteiger charge is 2.10. The van der Waals surface area contributed by atoms with E-state index in [0.717, 1.165) is 12.0 Å². The van der Waals surface area contributed by atoms with Gasteiger partial charge in [-0.3, -0.25) is 0 Å². The van der Waals surface area contributed by atoms with E-state index in [1.165, 1.54) is 0 Å². The summed E-state index contributed by atoms with van der Waals surface area (Å²) in [5.41, 5.74) is 6.71. The number of nitrogen functional groups attached to an aromatic ring is 1. The smallest absolute Gasteiger partial charge is 0.196 e. The SMILES string of the molecule is CCc1nc(N)c(-c2ccccc2)o1. The Labute approximate surface area is 82.6 Å². The van der Waals surface area contributed by atoms with Gasteiger partial charge >= 0.3 is 0 Å². The van der Waals surface area contributed by atoms with E-state index in [0.29, 0.717) is 17.5 Å². The fourth-order valence-electron chi connectivity index (χ4n) is 1.33. The molecule has 0 fully saturated rings. The number of anilines is 1. The summed E-state index contributed by atoms with van der Waals surface area (Å²) >= 11 is 0. The van der Waals surface area contributed by atoms with Gasteiger partial charge in [-0.2, -0.15) is 4.98 Å². The van der Waals surface area contributed by atoms with E-state index in [4.69, 9.17) is 10.2 Å². The van der Waals surface area contributed by atoms with E-state index in [1.54, 1.807) is 0 Å². The van der Waals surface area contributed by atoms with Crippen LogP contribution in [0.25, 0.3) is 11.3 Å². The van der Waals surface area contributed by atoms with Crippen LogP contribution in [0.4, 0.5) is 5.82 Å². The van der Waals surface area contributed by atoms with E-state index >= 15 is 0 Å². The minimum atomic E-state index is 0.466. The second-order valence-electron chi connectivity index (χ2n) is 3.04. The van der Waals surface area contributed by atoms with Crippen molar-refractivity contribution >= 4 is 5.82 Å². The van der Waals surface area contributed by atoms with Crippen LogP contribution in [0.5, 0.6) is 0 Å². The van der Waals surface area contributed by atoms with Crippen LogP contribution in [-0.4, -0.2) is 4.98 Å². The molecule has 0 unspecified atom stereocenters. The molecule has 2 aromatic rings. The summed E-state index contributed by atoms with van der Waals surface area (Å²) in [6.07, 6.45) is 0.761. The summed E-state index contributed by atoms with van der Waals surface area (Å²) in [5.74, 6) is 1.82. The van der Waals surface area contributed by atoms with Gasteiger partial charge in [0.05, 0.1) is 0 Å². The summed E-state index contributed by atoms with van der Waals surface area (Å²) in [4.78, 5) is 4.12. The fraction of sp³-hybridized carbons (Fsp3) is 0.182. The molecule has 0 saturated carbocycles. The van der Waals surface area contributed by atoms with E-state index < -0.39 is 0 Å². The van der Waals surface area contributed by atoms with Crippen LogP contribution in [0.2, 0.25) is 0 Å². The Morgan fingerprint density at radius 3 is 2.57 bits per heavy atom. The Morgan fingerprint density at radius 1 is 1.29 bits per heavy atom. The van der Waals surface area contributed by atoms with Crippen molar-refractivity contribution in [1.29, 1.82) is 0 Å². The van der Waals surface area contributed by atoms with Crippen LogP contribution in [0.15, 0.2) is 34.7 Å². The molecule has 1 aromatic carbocycles. The summed E-state index contributed by atoms with van der Waals surface area (Å²) in [5, 5.41) is 0. The van der Waals surface area contributed by atoms with E-state index in [9.17, 15) is 0 Å².